The maximum absolute atomic E-state index is 11.4. The van der Waals surface area contributed by atoms with Crippen molar-refractivity contribution >= 4 is 12.0 Å². The molecule has 1 aliphatic heterocycles. The summed E-state index contributed by atoms with van der Waals surface area (Å²) in [7, 11) is 0. The number of hydrogen-bond donors (Lipinski definition) is 1. The van der Waals surface area contributed by atoms with Crippen LogP contribution in [-0.4, -0.2) is 23.6 Å². The molecule has 0 spiro atoms. The van der Waals surface area contributed by atoms with Gasteiger partial charge in [0.25, 0.3) is 0 Å². The van der Waals surface area contributed by atoms with E-state index >= 15 is 0 Å². The number of hydrazine groups is 1. The molecule has 1 heterocycles. The summed E-state index contributed by atoms with van der Waals surface area (Å²) in [5.41, 5.74) is 3.33. The summed E-state index contributed by atoms with van der Waals surface area (Å²) in [6, 6.07) is 9.39. The van der Waals surface area contributed by atoms with Crippen molar-refractivity contribution in [3.05, 3.63) is 35.9 Å². The molecular weight excluding hydrogens is 220 g/mol. The normalized spacial score (nSPS) is 14.8. The van der Waals surface area contributed by atoms with Crippen LogP contribution in [0.2, 0.25) is 0 Å². The van der Waals surface area contributed by atoms with Crippen molar-refractivity contribution in [2.24, 2.45) is 0 Å². The molecule has 5 nitrogen and oxygen atoms in total. The largest absolute Gasteiger partial charge is 0.443 e. The van der Waals surface area contributed by atoms with E-state index in [0.717, 1.165) is 12.0 Å². The van der Waals surface area contributed by atoms with Gasteiger partial charge in [-0.1, -0.05) is 30.3 Å². The van der Waals surface area contributed by atoms with Gasteiger partial charge in [-0.25, -0.2) is 10.2 Å². The Bertz CT molecular complexity index is 405. The van der Waals surface area contributed by atoms with Crippen LogP contribution in [-0.2, 0) is 16.1 Å². The van der Waals surface area contributed by atoms with Crippen molar-refractivity contribution in [3.8, 4) is 0 Å². The number of carbonyl (C=O) groups excluding carboxylic acids is 2. The van der Waals surface area contributed by atoms with E-state index in [1.54, 1.807) is 0 Å². The molecule has 0 radical (unpaired) electrons. The molecule has 1 saturated heterocycles. The zero-order valence-electron chi connectivity index (χ0n) is 9.39. The van der Waals surface area contributed by atoms with E-state index in [1.165, 1.54) is 5.01 Å². The van der Waals surface area contributed by atoms with E-state index in [-0.39, 0.29) is 12.5 Å². The van der Waals surface area contributed by atoms with Crippen LogP contribution >= 0.6 is 0 Å². The minimum atomic E-state index is -0.593. The van der Waals surface area contributed by atoms with Gasteiger partial charge in [-0.2, -0.15) is 0 Å². The molecule has 0 bridgehead atoms. The number of carbonyl (C=O) groups is 2. The Morgan fingerprint density at radius 1 is 1.35 bits per heavy atom. The highest BCUT2D eigenvalue weighted by molar-refractivity contribution is 5.80. The second-order valence-electron chi connectivity index (χ2n) is 3.82. The number of nitrogens with one attached hydrogen (secondary N) is 1. The number of nitrogens with zero attached hydrogens (tertiary/aromatic N) is 1. The number of benzene rings is 1. The van der Waals surface area contributed by atoms with Gasteiger partial charge in [0.1, 0.15) is 6.61 Å². The highest BCUT2D eigenvalue weighted by Gasteiger charge is 2.22. The van der Waals surface area contributed by atoms with Crippen LogP contribution in [0.1, 0.15) is 18.4 Å². The first-order valence-electron chi connectivity index (χ1n) is 5.53. The minimum Gasteiger partial charge on any atom is -0.443 e. The van der Waals surface area contributed by atoms with Crippen LogP contribution in [0.25, 0.3) is 0 Å². The SMILES string of the molecule is O=C(NN1CCCC1=O)OCc1ccccc1. The predicted octanol–water partition coefficient (Wildman–Crippen LogP) is 1.45. The molecule has 5 heteroatoms. The minimum absolute atomic E-state index is 0.0679. The van der Waals surface area contributed by atoms with Crippen molar-refractivity contribution in [1.82, 2.24) is 10.4 Å². The van der Waals surface area contributed by atoms with Gasteiger partial charge >= 0.3 is 6.09 Å². The van der Waals surface area contributed by atoms with E-state index in [0.29, 0.717) is 13.0 Å². The summed E-state index contributed by atoms with van der Waals surface area (Å²) >= 11 is 0. The van der Waals surface area contributed by atoms with Crippen molar-refractivity contribution in [2.75, 3.05) is 6.54 Å². The van der Waals surface area contributed by atoms with Crippen LogP contribution < -0.4 is 5.43 Å². The number of ether oxygens (including phenoxy) is 1. The molecule has 1 aromatic rings. The van der Waals surface area contributed by atoms with Crippen LogP contribution in [0.5, 0.6) is 0 Å². The van der Waals surface area contributed by atoms with Crippen molar-refractivity contribution in [1.29, 1.82) is 0 Å². The smallest absolute Gasteiger partial charge is 0.426 e. The van der Waals surface area contributed by atoms with Crippen molar-refractivity contribution in [2.45, 2.75) is 19.4 Å². The Hall–Kier alpha value is -2.04. The summed E-state index contributed by atoms with van der Waals surface area (Å²) in [5.74, 6) is -0.0679. The summed E-state index contributed by atoms with van der Waals surface area (Å²) < 4.78 is 4.99. The lowest BCUT2D eigenvalue weighted by molar-refractivity contribution is -0.130. The van der Waals surface area contributed by atoms with Crippen LogP contribution in [0.4, 0.5) is 4.79 Å². The summed E-state index contributed by atoms with van der Waals surface area (Å²) in [4.78, 5) is 22.6. The Labute approximate surface area is 99.3 Å². The topological polar surface area (TPSA) is 58.6 Å². The van der Waals surface area contributed by atoms with Gasteiger partial charge in [-0.15, -0.1) is 0 Å². The quantitative estimate of drug-likeness (QED) is 0.861. The molecule has 0 aliphatic carbocycles. The molecule has 1 aromatic carbocycles. The second kappa shape index (κ2) is 5.34. The Balaban J connectivity index is 1.76. The molecule has 2 amide bonds. The van der Waals surface area contributed by atoms with Crippen LogP contribution in [0.3, 0.4) is 0 Å². The molecule has 90 valence electrons. The maximum Gasteiger partial charge on any atom is 0.426 e. The number of hydrogen-bond acceptors (Lipinski definition) is 3. The molecule has 0 saturated carbocycles. The summed E-state index contributed by atoms with van der Waals surface area (Å²) in [6.45, 7) is 0.758. The Morgan fingerprint density at radius 3 is 2.76 bits per heavy atom. The van der Waals surface area contributed by atoms with Gasteiger partial charge in [-0.3, -0.25) is 9.80 Å². The lowest BCUT2D eigenvalue weighted by Gasteiger charge is -2.16. The fourth-order valence-corrected chi connectivity index (χ4v) is 1.63. The summed E-state index contributed by atoms with van der Waals surface area (Å²) in [5, 5.41) is 1.30. The highest BCUT2D eigenvalue weighted by atomic mass is 16.6. The molecule has 1 N–H and O–H groups in total. The van der Waals surface area contributed by atoms with Gasteiger partial charge in [-0.05, 0) is 12.0 Å². The van der Waals surface area contributed by atoms with Crippen molar-refractivity contribution < 1.29 is 14.3 Å². The van der Waals surface area contributed by atoms with Crippen LogP contribution in [0, 0.1) is 0 Å². The third-order valence-electron chi connectivity index (χ3n) is 2.51. The lowest BCUT2D eigenvalue weighted by Crippen LogP contribution is -2.43. The molecule has 0 atom stereocenters. The summed E-state index contributed by atoms with van der Waals surface area (Å²) in [6.07, 6.45) is 0.667. The van der Waals surface area contributed by atoms with E-state index in [1.807, 2.05) is 30.3 Å². The average Bonchev–Trinajstić information content (AvgIpc) is 2.74. The zero-order chi connectivity index (χ0) is 12.1. The highest BCUT2D eigenvalue weighted by Crippen LogP contribution is 2.07. The first-order valence-corrected chi connectivity index (χ1v) is 5.53. The fourth-order valence-electron chi connectivity index (χ4n) is 1.63. The molecule has 17 heavy (non-hydrogen) atoms. The van der Waals surface area contributed by atoms with Gasteiger partial charge in [0, 0.05) is 13.0 Å². The third-order valence-corrected chi connectivity index (χ3v) is 2.51. The fraction of sp³-hybridized carbons (Fsp3) is 0.333. The van der Waals surface area contributed by atoms with E-state index in [2.05, 4.69) is 5.43 Å². The molecular formula is C12H14N2O3. The molecule has 0 aromatic heterocycles. The third kappa shape index (κ3) is 3.21. The first-order chi connectivity index (χ1) is 8.25. The Kier molecular flexibility index (Phi) is 3.59. The van der Waals surface area contributed by atoms with E-state index in [4.69, 9.17) is 4.74 Å². The first kappa shape index (κ1) is 11.4. The monoisotopic (exact) mass is 234 g/mol. The predicted molar refractivity (Wildman–Crippen MR) is 60.7 cm³/mol. The van der Waals surface area contributed by atoms with Gasteiger partial charge < -0.3 is 4.74 Å². The maximum atomic E-state index is 11.4. The zero-order valence-corrected chi connectivity index (χ0v) is 9.39. The van der Waals surface area contributed by atoms with Crippen molar-refractivity contribution in [3.63, 3.8) is 0 Å². The number of amides is 2. The van der Waals surface area contributed by atoms with Gasteiger partial charge in [0.15, 0.2) is 0 Å². The van der Waals surface area contributed by atoms with Crippen LogP contribution in [0.15, 0.2) is 30.3 Å². The second-order valence-corrected chi connectivity index (χ2v) is 3.82. The molecule has 1 fully saturated rings. The lowest BCUT2D eigenvalue weighted by atomic mass is 10.2. The molecule has 2 rings (SSSR count). The Morgan fingerprint density at radius 2 is 2.12 bits per heavy atom. The average molecular weight is 234 g/mol. The van der Waals surface area contributed by atoms with Gasteiger partial charge in [0.05, 0.1) is 0 Å². The van der Waals surface area contributed by atoms with E-state index in [9.17, 15) is 9.59 Å². The molecule has 0 unspecified atom stereocenters. The standard InChI is InChI=1S/C12H14N2O3/c15-11-7-4-8-14(11)13-12(16)17-9-10-5-2-1-3-6-10/h1-3,5-6H,4,7-9H2,(H,13,16). The van der Waals surface area contributed by atoms with Gasteiger partial charge in [0.2, 0.25) is 5.91 Å². The van der Waals surface area contributed by atoms with E-state index < -0.39 is 6.09 Å². The number of rotatable bonds is 3. The molecule has 1 aliphatic rings.